The van der Waals surface area contributed by atoms with E-state index in [1.807, 2.05) is 6.07 Å². The lowest BCUT2D eigenvalue weighted by atomic mass is 9.95. The first-order valence-corrected chi connectivity index (χ1v) is 8.90. The second kappa shape index (κ2) is 6.42. The molecule has 0 amide bonds. The molecule has 3 aromatic rings. The number of anilines is 1. The van der Waals surface area contributed by atoms with Crippen molar-refractivity contribution in [1.82, 2.24) is 0 Å². The third-order valence-corrected chi connectivity index (χ3v) is 4.94. The molecular weight excluding hydrogens is 326 g/mol. The van der Waals surface area contributed by atoms with E-state index in [1.54, 1.807) is 0 Å². The van der Waals surface area contributed by atoms with E-state index < -0.39 is 0 Å². The van der Waals surface area contributed by atoms with Crippen molar-refractivity contribution in [2.45, 2.75) is 19.9 Å². The molecule has 25 heavy (non-hydrogen) atoms. The fourth-order valence-corrected chi connectivity index (χ4v) is 3.77. The lowest BCUT2D eigenvalue weighted by molar-refractivity contribution is 0.970. The van der Waals surface area contributed by atoms with Crippen molar-refractivity contribution in [2.24, 2.45) is 0 Å². The minimum atomic E-state index is 0.0983. The van der Waals surface area contributed by atoms with Crippen molar-refractivity contribution in [1.29, 1.82) is 0 Å². The van der Waals surface area contributed by atoms with E-state index >= 15 is 0 Å². The summed E-state index contributed by atoms with van der Waals surface area (Å²) in [5, 5.41) is 4.42. The van der Waals surface area contributed by atoms with Gasteiger partial charge in [0.1, 0.15) is 0 Å². The van der Waals surface area contributed by atoms with E-state index in [4.69, 9.17) is 11.6 Å². The van der Waals surface area contributed by atoms with Crippen LogP contribution in [-0.4, -0.2) is 0 Å². The molecular formula is C23H20ClN. The first-order chi connectivity index (χ1) is 12.1. The summed E-state index contributed by atoms with van der Waals surface area (Å²) in [6.45, 7) is 4.26. The SMILES string of the molecule is Cc1cc(C)cc(C2C=C(Cl)c3cc(-c4ccccc4)ccc3N2)c1. The molecule has 124 valence electrons. The average molecular weight is 346 g/mol. The van der Waals surface area contributed by atoms with Crippen LogP contribution in [0.2, 0.25) is 0 Å². The smallest absolute Gasteiger partial charge is 0.0715 e. The van der Waals surface area contributed by atoms with E-state index in [0.717, 1.165) is 16.3 Å². The molecule has 1 atom stereocenters. The third kappa shape index (κ3) is 3.20. The van der Waals surface area contributed by atoms with Gasteiger partial charge in [0, 0.05) is 16.3 Å². The summed E-state index contributed by atoms with van der Waals surface area (Å²) >= 11 is 6.65. The molecule has 0 saturated carbocycles. The van der Waals surface area contributed by atoms with Crippen molar-refractivity contribution in [3.63, 3.8) is 0 Å². The maximum Gasteiger partial charge on any atom is 0.0715 e. The Morgan fingerprint density at radius 2 is 1.52 bits per heavy atom. The molecule has 1 N–H and O–H groups in total. The Bertz CT molecular complexity index is 937. The normalized spacial score (nSPS) is 16.0. The van der Waals surface area contributed by atoms with Gasteiger partial charge in [0.15, 0.2) is 0 Å². The first-order valence-electron chi connectivity index (χ1n) is 8.52. The number of aryl methyl sites for hydroxylation is 2. The van der Waals surface area contributed by atoms with Crippen LogP contribution in [0.25, 0.3) is 16.2 Å². The van der Waals surface area contributed by atoms with Gasteiger partial charge in [-0.3, -0.25) is 0 Å². The molecule has 1 heterocycles. The van der Waals surface area contributed by atoms with E-state index in [2.05, 4.69) is 85.9 Å². The molecule has 0 aliphatic carbocycles. The molecule has 0 spiro atoms. The van der Waals surface area contributed by atoms with Gasteiger partial charge in [-0.15, -0.1) is 0 Å². The van der Waals surface area contributed by atoms with Crippen LogP contribution in [0.1, 0.15) is 28.3 Å². The van der Waals surface area contributed by atoms with E-state index in [1.165, 1.54) is 27.8 Å². The molecule has 0 aromatic heterocycles. The zero-order valence-corrected chi connectivity index (χ0v) is 15.1. The van der Waals surface area contributed by atoms with Crippen LogP contribution in [0.5, 0.6) is 0 Å². The minimum absolute atomic E-state index is 0.0983. The van der Waals surface area contributed by atoms with Gasteiger partial charge in [0.25, 0.3) is 0 Å². The van der Waals surface area contributed by atoms with Crippen molar-refractivity contribution in [3.8, 4) is 11.1 Å². The summed E-state index contributed by atoms with van der Waals surface area (Å²) in [4.78, 5) is 0. The van der Waals surface area contributed by atoms with Crippen LogP contribution in [0.3, 0.4) is 0 Å². The predicted octanol–water partition coefficient (Wildman–Crippen LogP) is 6.72. The summed E-state index contributed by atoms with van der Waals surface area (Å²) in [6, 6.07) is 23.5. The highest BCUT2D eigenvalue weighted by Gasteiger charge is 2.20. The number of nitrogens with one attached hydrogen (secondary N) is 1. The third-order valence-electron chi connectivity index (χ3n) is 4.61. The van der Waals surface area contributed by atoms with E-state index in [0.29, 0.717) is 0 Å². The molecule has 4 rings (SSSR count). The second-order valence-electron chi connectivity index (χ2n) is 6.68. The lowest BCUT2D eigenvalue weighted by Gasteiger charge is -2.25. The molecule has 0 radical (unpaired) electrons. The number of halogens is 1. The van der Waals surface area contributed by atoms with Gasteiger partial charge in [-0.25, -0.2) is 0 Å². The fourth-order valence-electron chi connectivity index (χ4n) is 3.49. The van der Waals surface area contributed by atoms with Gasteiger partial charge in [-0.2, -0.15) is 0 Å². The highest BCUT2D eigenvalue weighted by molar-refractivity contribution is 6.49. The van der Waals surface area contributed by atoms with Crippen LogP contribution in [0, 0.1) is 13.8 Å². The topological polar surface area (TPSA) is 12.0 Å². The standard InChI is InChI=1S/C23H20ClN/c1-15-10-16(2)12-19(11-15)23-14-21(24)20-13-18(8-9-22(20)25-23)17-6-4-3-5-7-17/h3-14,23,25H,1-2H3. The summed E-state index contributed by atoms with van der Waals surface area (Å²) < 4.78 is 0. The van der Waals surface area contributed by atoms with Crippen molar-refractivity contribution < 1.29 is 0 Å². The monoisotopic (exact) mass is 345 g/mol. The van der Waals surface area contributed by atoms with Crippen LogP contribution >= 0.6 is 11.6 Å². The molecule has 1 nitrogen and oxygen atoms in total. The predicted molar refractivity (Wildman–Crippen MR) is 108 cm³/mol. The maximum absolute atomic E-state index is 6.65. The summed E-state index contributed by atoms with van der Waals surface area (Å²) in [5.74, 6) is 0. The van der Waals surface area contributed by atoms with Crippen LogP contribution in [0.4, 0.5) is 5.69 Å². The Morgan fingerprint density at radius 1 is 0.800 bits per heavy atom. The highest BCUT2D eigenvalue weighted by Crippen LogP contribution is 2.39. The highest BCUT2D eigenvalue weighted by atomic mass is 35.5. The van der Waals surface area contributed by atoms with Crippen molar-refractivity contribution in [3.05, 3.63) is 95.1 Å². The number of benzene rings is 3. The molecule has 1 aliphatic heterocycles. The van der Waals surface area contributed by atoms with Crippen LogP contribution in [0.15, 0.2) is 72.8 Å². The quantitative estimate of drug-likeness (QED) is 0.543. The molecule has 3 aromatic carbocycles. The summed E-state index contributed by atoms with van der Waals surface area (Å²) in [5.41, 5.74) is 8.30. The van der Waals surface area contributed by atoms with Crippen molar-refractivity contribution >= 4 is 22.3 Å². The van der Waals surface area contributed by atoms with E-state index in [-0.39, 0.29) is 6.04 Å². The van der Waals surface area contributed by atoms with Gasteiger partial charge in [-0.1, -0.05) is 77.3 Å². The first kappa shape index (κ1) is 16.0. The number of rotatable bonds is 2. The Hall–Kier alpha value is -2.51. The number of hydrogen-bond donors (Lipinski definition) is 1. The Morgan fingerprint density at radius 3 is 2.24 bits per heavy atom. The number of fused-ring (bicyclic) bond motifs is 1. The maximum atomic E-state index is 6.65. The zero-order chi connectivity index (χ0) is 17.4. The van der Waals surface area contributed by atoms with E-state index in [9.17, 15) is 0 Å². The van der Waals surface area contributed by atoms with Gasteiger partial charge in [0.2, 0.25) is 0 Å². The fraction of sp³-hybridized carbons (Fsp3) is 0.130. The Labute approximate surface area is 154 Å². The lowest BCUT2D eigenvalue weighted by Crippen LogP contribution is -2.14. The molecule has 1 unspecified atom stereocenters. The Kier molecular flexibility index (Phi) is 4.10. The van der Waals surface area contributed by atoms with Gasteiger partial charge in [0.05, 0.1) is 6.04 Å². The van der Waals surface area contributed by atoms with Gasteiger partial charge < -0.3 is 5.32 Å². The average Bonchev–Trinajstić information content (AvgIpc) is 2.61. The molecule has 0 fully saturated rings. The minimum Gasteiger partial charge on any atom is -0.374 e. The number of hydrogen-bond acceptors (Lipinski definition) is 1. The summed E-state index contributed by atoms with van der Waals surface area (Å²) in [7, 11) is 0. The van der Waals surface area contributed by atoms with Crippen LogP contribution < -0.4 is 5.32 Å². The van der Waals surface area contributed by atoms with Gasteiger partial charge in [-0.05, 0) is 48.7 Å². The summed E-state index contributed by atoms with van der Waals surface area (Å²) in [6.07, 6.45) is 2.10. The zero-order valence-electron chi connectivity index (χ0n) is 14.4. The van der Waals surface area contributed by atoms with Crippen molar-refractivity contribution in [2.75, 3.05) is 5.32 Å². The van der Waals surface area contributed by atoms with Gasteiger partial charge >= 0.3 is 0 Å². The largest absolute Gasteiger partial charge is 0.374 e. The Balaban J connectivity index is 1.72. The molecule has 2 heteroatoms. The second-order valence-corrected chi connectivity index (χ2v) is 7.09. The molecule has 0 bridgehead atoms. The molecule has 1 aliphatic rings. The molecule has 0 saturated heterocycles. The van der Waals surface area contributed by atoms with Crippen LogP contribution in [-0.2, 0) is 0 Å².